The predicted molar refractivity (Wildman–Crippen MR) is 112 cm³/mol. The molecular formula is C19H18Cl2N4O3S. The molecular weight excluding hydrogens is 435 g/mol. The first-order valence-electron chi connectivity index (χ1n) is 8.71. The molecule has 0 N–H and O–H groups in total. The number of nitrogens with zero attached hydrogens (tertiary/aromatic N) is 4. The van der Waals surface area contributed by atoms with Crippen molar-refractivity contribution in [2.75, 3.05) is 12.9 Å². The number of fused-ring (bicyclic) bond motifs is 1. The second-order valence-corrected chi connectivity index (χ2v) is 7.87. The van der Waals surface area contributed by atoms with Crippen molar-refractivity contribution in [3.8, 4) is 0 Å². The average molecular weight is 453 g/mol. The lowest BCUT2D eigenvalue weighted by atomic mass is 10.1. The topological polar surface area (TPSA) is 86.5 Å². The van der Waals surface area contributed by atoms with Crippen molar-refractivity contribution in [3.63, 3.8) is 0 Å². The van der Waals surface area contributed by atoms with Crippen molar-refractivity contribution in [2.45, 2.75) is 31.8 Å². The molecule has 7 nitrogen and oxygen atoms in total. The highest BCUT2D eigenvalue weighted by Gasteiger charge is 2.16. The lowest BCUT2D eigenvalue weighted by Gasteiger charge is -2.10. The Labute approximate surface area is 181 Å². The van der Waals surface area contributed by atoms with Crippen molar-refractivity contribution in [1.29, 1.82) is 0 Å². The molecule has 0 saturated carbocycles. The standard InChI is InChI=1S/C19H18Cl2N4O3S/c1-10-13(11(2)25-18(22-10)23-19(24-25)29-3)5-7-17(27)28-9-16(26)12-4-6-14(20)15(21)8-12/h4,6,8H,5,7,9H2,1-3H3. The van der Waals surface area contributed by atoms with Crippen LogP contribution in [0.4, 0.5) is 0 Å². The van der Waals surface area contributed by atoms with Gasteiger partial charge in [0.25, 0.3) is 5.78 Å². The number of benzene rings is 1. The van der Waals surface area contributed by atoms with Crippen LogP contribution >= 0.6 is 35.0 Å². The second-order valence-electron chi connectivity index (χ2n) is 6.28. The van der Waals surface area contributed by atoms with Gasteiger partial charge in [-0.25, -0.2) is 9.50 Å². The number of hydrogen-bond donors (Lipinski definition) is 0. The summed E-state index contributed by atoms with van der Waals surface area (Å²) in [6, 6.07) is 4.52. The molecule has 29 heavy (non-hydrogen) atoms. The molecule has 0 radical (unpaired) electrons. The molecule has 2 heterocycles. The van der Waals surface area contributed by atoms with E-state index in [1.165, 1.54) is 23.9 Å². The minimum atomic E-state index is -0.472. The molecule has 0 amide bonds. The molecule has 3 rings (SSSR count). The number of halogens is 2. The van der Waals surface area contributed by atoms with Gasteiger partial charge in [0.1, 0.15) is 0 Å². The van der Waals surface area contributed by atoms with E-state index in [2.05, 4.69) is 15.1 Å². The number of hydrogen-bond acceptors (Lipinski definition) is 7. The van der Waals surface area contributed by atoms with E-state index in [9.17, 15) is 9.59 Å². The van der Waals surface area contributed by atoms with Crippen LogP contribution < -0.4 is 0 Å². The Kier molecular flexibility index (Phi) is 6.77. The lowest BCUT2D eigenvalue weighted by Crippen LogP contribution is -2.15. The smallest absolute Gasteiger partial charge is 0.306 e. The molecule has 0 spiro atoms. The van der Waals surface area contributed by atoms with Gasteiger partial charge in [-0.1, -0.05) is 35.0 Å². The summed E-state index contributed by atoms with van der Waals surface area (Å²) < 4.78 is 6.79. The van der Waals surface area contributed by atoms with Gasteiger partial charge in [0.2, 0.25) is 5.16 Å². The van der Waals surface area contributed by atoms with Crippen LogP contribution in [0.2, 0.25) is 10.0 Å². The summed E-state index contributed by atoms with van der Waals surface area (Å²) in [5.74, 6) is -0.289. The molecule has 0 atom stereocenters. The van der Waals surface area contributed by atoms with Gasteiger partial charge in [0.15, 0.2) is 12.4 Å². The van der Waals surface area contributed by atoms with Crippen molar-refractivity contribution in [1.82, 2.24) is 19.6 Å². The van der Waals surface area contributed by atoms with E-state index in [-0.39, 0.29) is 23.8 Å². The number of carbonyl (C=O) groups excluding carboxylic acids is 2. The van der Waals surface area contributed by atoms with Crippen LogP contribution in [0.25, 0.3) is 5.78 Å². The fourth-order valence-corrected chi connectivity index (χ4v) is 3.47. The highest BCUT2D eigenvalue weighted by molar-refractivity contribution is 7.98. The molecule has 0 saturated heterocycles. The molecule has 0 aliphatic heterocycles. The molecule has 1 aromatic carbocycles. The maximum Gasteiger partial charge on any atom is 0.306 e. The van der Waals surface area contributed by atoms with Crippen LogP contribution in [0, 0.1) is 13.8 Å². The van der Waals surface area contributed by atoms with Crippen LogP contribution in [0.3, 0.4) is 0 Å². The van der Waals surface area contributed by atoms with Gasteiger partial charge in [-0.15, -0.1) is 5.10 Å². The minimum Gasteiger partial charge on any atom is -0.457 e. The number of aryl methyl sites for hydroxylation is 2. The van der Waals surface area contributed by atoms with Gasteiger partial charge < -0.3 is 4.74 Å². The summed E-state index contributed by atoms with van der Waals surface area (Å²) >= 11 is 13.2. The lowest BCUT2D eigenvalue weighted by molar-refractivity contribution is -0.142. The van der Waals surface area contributed by atoms with E-state index < -0.39 is 5.97 Å². The number of esters is 1. The van der Waals surface area contributed by atoms with E-state index >= 15 is 0 Å². The van der Waals surface area contributed by atoms with Gasteiger partial charge in [-0.2, -0.15) is 4.98 Å². The first-order valence-corrected chi connectivity index (χ1v) is 10.7. The third kappa shape index (κ3) is 4.88. The Balaban J connectivity index is 1.61. The summed E-state index contributed by atoms with van der Waals surface area (Å²) in [5, 5.41) is 5.66. The predicted octanol–water partition coefficient (Wildman–Crippen LogP) is 4.13. The van der Waals surface area contributed by atoms with Gasteiger partial charge >= 0.3 is 5.97 Å². The quantitative estimate of drug-likeness (QED) is 0.302. The molecule has 0 fully saturated rings. The van der Waals surface area contributed by atoms with E-state index in [1.54, 1.807) is 10.6 Å². The number of ketones is 1. The van der Waals surface area contributed by atoms with E-state index in [0.29, 0.717) is 27.9 Å². The fraction of sp³-hybridized carbons (Fsp3) is 0.316. The zero-order valence-electron chi connectivity index (χ0n) is 16.0. The Bertz CT molecular complexity index is 1100. The minimum absolute atomic E-state index is 0.119. The summed E-state index contributed by atoms with van der Waals surface area (Å²) in [5.41, 5.74) is 2.90. The summed E-state index contributed by atoms with van der Waals surface area (Å²) in [7, 11) is 0. The zero-order valence-corrected chi connectivity index (χ0v) is 18.4. The Morgan fingerprint density at radius 2 is 1.93 bits per heavy atom. The van der Waals surface area contributed by atoms with Gasteiger partial charge in [0.05, 0.1) is 10.0 Å². The van der Waals surface area contributed by atoms with Crippen molar-refractivity contribution in [3.05, 3.63) is 50.8 Å². The number of Topliss-reactive ketones (excluding diaryl/α,β-unsaturated/α-hetero) is 1. The third-order valence-corrected chi connectivity index (χ3v) is 5.67. The second kappa shape index (κ2) is 9.11. The van der Waals surface area contributed by atoms with Crippen LogP contribution in [-0.4, -0.2) is 44.2 Å². The Morgan fingerprint density at radius 1 is 1.17 bits per heavy atom. The van der Waals surface area contributed by atoms with Gasteiger partial charge in [-0.3, -0.25) is 9.59 Å². The zero-order chi connectivity index (χ0) is 21.1. The number of carbonyl (C=O) groups is 2. The summed E-state index contributed by atoms with van der Waals surface area (Å²) in [4.78, 5) is 33.1. The van der Waals surface area contributed by atoms with Gasteiger partial charge in [0, 0.05) is 23.4 Å². The fourth-order valence-electron chi connectivity index (χ4n) is 2.84. The molecule has 0 aliphatic carbocycles. The van der Waals surface area contributed by atoms with Crippen molar-refractivity contribution >= 4 is 52.5 Å². The molecule has 0 unspecified atom stereocenters. The molecule has 0 aliphatic rings. The normalized spacial score (nSPS) is 11.1. The maximum absolute atomic E-state index is 12.2. The largest absolute Gasteiger partial charge is 0.457 e. The first-order chi connectivity index (χ1) is 13.8. The van der Waals surface area contributed by atoms with Gasteiger partial charge in [-0.05, 0) is 50.3 Å². The van der Waals surface area contributed by atoms with E-state index in [0.717, 1.165) is 17.0 Å². The number of aromatic nitrogens is 4. The maximum atomic E-state index is 12.2. The summed E-state index contributed by atoms with van der Waals surface area (Å²) in [6.07, 6.45) is 2.44. The molecule has 0 bridgehead atoms. The number of rotatable bonds is 7. The number of thioether (sulfide) groups is 1. The third-order valence-electron chi connectivity index (χ3n) is 4.40. The monoisotopic (exact) mass is 452 g/mol. The summed E-state index contributed by atoms with van der Waals surface area (Å²) in [6.45, 7) is 3.43. The first kappa shape index (κ1) is 21.5. The van der Waals surface area contributed by atoms with Crippen molar-refractivity contribution < 1.29 is 14.3 Å². The molecule has 2 aromatic heterocycles. The molecule has 152 valence electrons. The Hall–Kier alpha value is -2.16. The molecule has 10 heteroatoms. The molecule has 3 aromatic rings. The van der Waals surface area contributed by atoms with Crippen LogP contribution in [-0.2, 0) is 16.0 Å². The van der Waals surface area contributed by atoms with E-state index in [1.807, 2.05) is 20.1 Å². The SMILES string of the molecule is CSc1nc2nc(C)c(CCC(=O)OCC(=O)c3ccc(Cl)c(Cl)c3)c(C)n2n1. The van der Waals surface area contributed by atoms with E-state index in [4.69, 9.17) is 27.9 Å². The number of ether oxygens (including phenoxy) is 1. The van der Waals surface area contributed by atoms with Crippen molar-refractivity contribution in [2.24, 2.45) is 0 Å². The average Bonchev–Trinajstić information content (AvgIpc) is 3.11. The highest BCUT2D eigenvalue weighted by Crippen LogP contribution is 2.23. The Morgan fingerprint density at radius 3 is 2.62 bits per heavy atom. The van der Waals surface area contributed by atoms with Crippen LogP contribution in [0.15, 0.2) is 23.4 Å². The van der Waals surface area contributed by atoms with Crippen LogP contribution in [0.1, 0.15) is 33.7 Å². The van der Waals surface area contributed by atoms with Crippen LogP contribution in [0.5, 0.6) is 0 Å². The highest BCUT2D eigenvalue weighted by atomic mass is 35.5.